The van der Waals surface area contributed by atoms with Gasteiger partial charge in [-0.25, -0.2) is 4.39 Å². The summed E-state index contributed by atoms with van der Waals surface area (Å²) in [4.78, 5) is 0. The highest BCUT2D eigenvalue weighted by Crippen LogP contribution is 2.24. The first kappa shape index (κ1) is 14.8. The van der Waals surface area contributed by atoms with Crippen LogP contribution in [-0.2, 0) is 13.0 Å². The monoisotopic (exact) mass is 293 g/mol. The molecule has 0 amide bonds. The number of fused-ring (bicyclic) bond motifs is 1. The molecule has 0 saturated carbocycles. The number of nitrogens with one attached hydrogen (secondary N) is 1. The van der Waals surface area contributed by atoms with E-state index in [4.69, 9.17) is 16.3 Å². The third-order valence-corrected chi connectivity index (χ3v) is 3.47. The van der Waals surface area contributed by atoms with Crippen molar-refractivity contribution < 1.29 is 9.13 Å². The van der Waals surface area contributed by atoms with E-state index in [1.165, 1.54) is 11.1 Å². The van der Waals surface area contributed by atoms with Gasteiger partial charge in [0, 0.05) is 17.2 Å². The van der Waals surface area contributed by atoms with Gasteiger partial charge in [0.05, 0.1) is 0 Å². The van der Waals surface area contributed by atoms with Crippen molar-refractivity contribution >= 4 is 11.6 Å². The van der Waals surface area contributed by atoms with Crippen LogP contribution in [0.5, 0.6) is 5.75 Å². The average Bonchev–Trinajstić information content (AvgIpc) is 2.46. The highest BCUT2D eigenvalue weighted by molar-refractivity contribution is 6.31. The first-order valence-electron chi connectivity index (χ1n) is 6.43. The fourth-order valence-corrected chi connectivity index (χ4v) is 2.24. The Bertz CT molecular complexity index is 566. The zero-order valence-electron chi connectivity index (χ0n) is 11.2. The third-order valence-electron chi connectivity index (χ3n) is 3.24. The predicted molar refractivity (Wildman–Crippen MR) is 80.7 cm³/mol. The molecule has 0 radical (unpaired) electrons. The van der Waals surface area contributed by atoms with Crippen LogP contribution in [0.15, 0.2) is 53.9 Å². The van der Waals surface area contributed by atoms with E-state index in [0.29, 0.717) is 5.75 Å². The summed E-state index contributed by atoms with van der Waals surface area (Å²) in [5.74, 6) is 0.199. The van der Waals surface area contributed by atoms with E-state index in [2.05, 4.69) is 18.5 Å². The Morgan fingerprint density at radius 2 is 2.25 bits per heavy atom. The Hall–Kier alpha value is -1.58. The molecular weight excluding hydrogens is 277 g/mol. The maximum absolute atomic E-state index is 13.6. The topological polar surface area (TPSA) is 21.3 Å². The molecule has 1 aromatic rings. The highest BCUT2D eigenvalue weighted by atomic mass is 35.5. The Labute approximate surface area is 123 Å². The fraction of sp³-hybridized carbons (Fsp3) is 0.250. The molecule has 4 heteroatoms. The van der Waals surface area contributed by atoms with Gasteiger partial charge in [-0.3, -0.25) is 0 Å². The van der Waals surface area contributed by atoms with Crippen molar-refractivity contribution in [2.45, 2.75) is 13.0 Å². The number of rotatable bonds is 5. The molecule has 0 aliphatic carbocycles. The van der Waals surface area contributed by atoms with E-state index < -0.39 is 5.83 Å². The van der Waals surface area contributed by atoms with Crippen molar-refractivity contribution in [2.75, 3.05) is 13.2 Å². The van der Waals surface area contributed by atoms with Crippen molar-refractivity contribution in [3.63, 3.8) is 0 Å². The van der Waals surface area contributed by atoms with Gasteiger partial charge in [-0.2, -0.15) is 0 Å². The first-order valence-corrected chi connectivity index (χ1v) is 6.81. The Morgan fingerprint density at radius 1 is 1.45 bits per heavy atom. The van der Waals surface area contributed by atoms with E-state index in [9.17, 15) is 4.39 Å². The summed E-state index contributed by atoms with van der Waals surface area (Å²) in [5, 5.41) is 3.44. The molecule has 0 fully saturated rings. The van der Waals surface area contributed by atoms with Gasteiger partial charge >= 0.3 is 0 Å². The minimum atomic E-state index is -0.507. The van der Waals surface area contributed by atoms with E-state index in [1.807, 2.05) is 18.2 Å². The maximum atomic E-state index is 13.6. The lowest BCUT2D eigenvalue weighted by Gasteiger charge is -2.18. The van der Waals surface area contributed by atoms with Gasteiger partial charge in [-0.05, 0) is 42.3 Å². The molecular formula is C16H17ClFNO. The van der Waals surface area contributed by atoms with Crippen LogP contribution < -0.4 is 10.1 Å². The van der Waals surface area contributed by atoms with Gasteiger partial charge in [-0.15, -0.1) is 0 Å². The molecule has 0 spiro atoms. The van der Waals surface area contributed by atoms with Crippen LogP contribution in [0.2, 0.25) is 0 Å². The second-order valence-corrected chi connectivity index (χ2v) is 5.04. The maximum Gasteiger partial charge on any atom is 0.130 e. The van der Waals surface area contributed by atoms with Gasteiger partial charge in [0.15, 0.2) is 0 Å². The van der Waals surface area contributed by atoms with Gasteiger partial charge in [0.1, 0.15) is 18.2 Å². The molecule has 1 aliphatic heterocycles. The van der Waals surface area contributed by atoms with E-state index >= 15 is 0 Å². The molecule has 0 bridgehead atoms. The fourth-order valence-electron chi connectivity index (χ4n) is 2.10. The zero-order chi connectivity index (χ0) is 14.5. The highest BCUT2D eigenvalue weighted by Gasteiger charge is 2.11. The lowest BCUT2D eigenvalue weighted by atomic mass is 10.0. The molecule has 106 valence electrons. The number of hydrogen-bond donors (Lipinski definition) is 1. The summed E-state index contributed by atoms with van der Waals surface area (Å²) in [6, 6.07) is 5.91. The molecule has 1 aliphatic rings. The first-order chi connectivity index (χ1) is 9.61. The Morgan fingerprint density at radius 3 is 2.95 bits per heavy atom. The molecule has 1 aromatic carbocycles. The zero-order valence-corrected chi connectivity index (χ0v) is 12.0. The second kappa shape index (κ2) is 6.73. The summed E-state index contributed by atoms with van der Waals surface area (Å²) in [7, 11) is 0. The van der Waals surface area contributed by atoms with Gasteiger partial charge < -0.3 is 10.1 Å². The van der Waals surface area contributed by atoms with Crippen molar-refractivity contribution in [2.24, 2.45) is 0 Å². The predicted octanol–water partition coefficient (Wildman–Crippen LogP) is 3.87. The summed E-state index contributed by atoms with van der Waals surface area (Å²) < 4.78 is 19.2. The van der Waals surface area contributed by atoms with E-state index in [1.54, 1.807) is 0 Å². The average molecular weight is 294 g/mol. The molecule has 2 rings (SSSR count). The Kier molecular flexibility index (Phi) is 4.99. The lowest BCUT2D eigenvalue weighted by molar-refractivity contribution is 0.350. The summed E-state index contributed by atoms with van der Waals surface area (Å²) in [6.45, 7) is 8.80. The van der Waals surface area contributed by atoms with Crippen LogP contribution in [0.1, 0.15) is 11.1 Å². The minimum absolute atomic E-state index is 0.0389. The van der Waals surface area contributed by atoms with Crippen LogP contribution in [0.25, 0.3) is 0 Å². The number of allylic oxidation sites excluding steroid dienone is 2. The number of halogens is 2. The summed E-state index contributed by atoms with van der Waals surface area (Å²) >= 11 is 5.77. The summed E-state index contributed by atoms with van der Waals surface area (Å²) in [6.07, 6.45) is 2.07. The molecule has 0 unspecified atom stereocenters. The molecule has 0 saturated heterocycles. The minimum Gasteiger partial charge on any atom is -0.489 e. The van der Waals surface area contributed by atoms with Crippen LogP contribution >= 0.6 is 11.6 Å². The van der Waals surface area contributed by atoms with E-state index in [0.717, 1.165) is 25.6 Å². The largest absolute Gasteiger partial charge is 0.489 e. The molecule has 2 nitrogen and oxygen atoms in total. The molecule has 1 heterocycles. The Balaban J connectivity index is 2.10. The molecule has 20 heavy (non-hydrogen) atoms. The smallest absolute Gasteiger partial charge is 0.130 e. The lowest BCUT2D eigenvalue weighted by Crippen LogP contribution is -2.23. The normalized spacial score (nSPS) is 15.1. The number of benzene rings is 1. The SMILES string of the molecule is C=C/C(F)=C(/COc1ccc2c(c1)CCNC2)C(=C)Cl. The third kappa shape index (κ3) is 3.50. The number of hydrogen-bond acceptors (Lipinski definition) is 2. The molecule has 0 atom stereocenters. The van der Waals surface area contributed by atoms with Crippen LogP contribution in [0, 0.1) is 0 Å². The number of ether oxygens (including phenoxy) is 1. The van der Waals surface area contributed by atoms with Crippen LogP contribution in [0.4, 0.5) is 4.39 Å². The van der Waals surface area contributed by atoms with Crippen molar-refractivity contribution in [3.8, 4) is 5.75 Å². The van der Waals surface area contributed by atoms with Crippen molar-refractivity contribution in [3.05, 3.63) is 65.0 Å². The van der Waals surface area contributed by atoms with Crippen LogP contribution in [-0.4, -0.2) is 13.2 Å². The van der Waals surface area contributed by atoms with Crippen molar-refractivity contribution in [1.82, 2.24) is 5.32 Å². The molecule has 0 aromatic heterocycles. The van der Waals surface area contributed by atoms with Crippen molar-refractivity contribution in [1.29, 1.82) is 0 Å². The van der Waals surface area contributed by atoms with Crippen LogP contribution in [0.3, 0.4) is 0 Å². The van der Waals surface area contributed by atoms with Gasteiger partial charge in [0.2, 0.25) is 0 Å². The second-order valence-electron chi connectivity index (χ2n) is 4.58. The van der Waals surface area contributed by atoms with Gasteiger partial charge in [-0.1, -0.05) is 30.8 Å². The standard InChI is InChI=1S/C16H17ClFNO/c1-3-16(18)15(11(2)17)10-20-14-5-4-13-9-19-7-6-12(13)8-14/h3-5,8,19H,1-2,6-7,9-10H2/b16-15+. The quantitative estimate of drug-likeness (QED) is 0.832. The van der Waals surface area contributed by atoms with E-state index in [-0.39, 0.29) is 17.2 Å². The van der Waals surface area contributed by atoms with Gasteiger partial charge in [0.25, 0.3) is 0 Å². The summed E-state index contributed by atoms with van der Waals surface area (Å²) in [5.41, 5.74) is 2.76. The molecule has 1 N–H and O–H groups in total.